The van der Waals surface area contributed by atoms with Crippen LogP contribution in [0.5, 0.6) is 11.5 Å². The highest BCUT2D eigenvalue weighted by Gasteiger charge is 2.32. The zero-order valence-electron chi connectivity index (χ0n) is 18.0. The van der Waals surface area contributed by atoms with Crippen LogP contribution in [-0.4, -0.2) is 40.8 Å². The highest BCUT2D eigenvalue weighted by molar-refractivity contribution is 7.92. The van der Waals surface area contributed by atoms with Crippen molar-refractivity contribution >= 4 is 44.8 Å². The molecule has 0 radical (unpaired) electrons. The molecule has 10 heteroatoms. The summed E-state index contributed by atoms with van der Waals surface area (Å²) in [6.45, 7) is 3.52. The van der Waals surface area contributed by atoms with E-state index in [0.29, 0.717) is 17.1 Å². The number of anilines is 1. The lowest BCUT2D eigenvalue weighted by Gasteiger charge is -2.31. The summed E-state index contributed by atoms with van der Waals surface area (Å²) in [6.07, 6.45) is 1.28. The second-order valence-corrected chi connectivity index (χ2v) is 9.59. The highest BCUT2D eigenvalue weighted by Crippen LogP contribution is 2.32. The Morgan fingerprint density at radius 2 is 1.77 bits per heavy atom. The van der Waals surface area contributed by atoms with Gasteiger partial charge in [-0.15, -0.1) is 0 Å². The number of sulfonamides is 1. The smallest absolute Gasteiger partial charge is 0.244 e. The van der Waals surface area contributed by atoms with Gasteiger partial charge in [-0.3, -0.25) is 9.10 Å². The van der Waals surface area contributed by atoms with Crippen LogP contribution in [-0.2, 0) is 14.8 Å². The maximum atomic E-state index is 13.2. The molecular formula is C21H26Cl2N2O5S. The molecule has 1 amide bonds. The van der Waals surface area contributed by atoms with Crippen LogP contribution in [0.2, 0.25) is 10.0 Å². The molecule has 0 aliphatic heterocycles. The van der Waals surface area contributed by atoms with Crippen molar-refractivity contribution in [3.8, 4) is 11.5 Å². The van der Waals surface area contributed by atoms with Crippen molar-refractivity contribution < 1.29 is 22.7 Å². The van der Waals surface area contributed by atoms with Gasteiger partial charge in [-0.2, -0.15) is 0 Å². The lowest BCUT2D eigenvalue weighted by molar-refractivity contribution is -0.122. The molecule has 0 saturated heterocycles. The fourth-order valence-corrected chi connectivity index (χ4v) is 4.74. The number of hydrogen-bond acceptors (Lipinski definition) is 5. The van der Waals surface area contributed by atoms with E-state index in [0.717, 1.165) is 10.6 Å². The molecule has 0 unspecified atom stereocenters. The Labute approximate surface area is 193 Å². The maximum absolute atomic E-state index is 13.2. The van der Waals surface area contributed by atoms with E-state index in [9.17, 15) is 13.2 Å². The Balaban J connectivity index is 2.39. The second kappa shape index (κ2) is 10.4. The summed E-state index contributed by atoms with van der Waals surface area (Å²) < 4.78 is 36.9. The molecule has 2 aromatic rings. The summed E-state index contributed by atoms with van der Waals surface area (Å²) in [4.78, 5) is 13.2. The summed E-state index contributed by atoms with van der Waals surface area (Å²) >= 11 is 12.0. The lowest BCUT2D eigenvalue weighted by atomic mass is 10.1. The third-order valence-electron chi connectivity index (χ3n) is 4.75. The molecule has 31 heavy (non-hydrogen) atoms. The number of nitrogens with one attached hydrogen (secondary N) is 1. The van der Waals surface area contributed by atoms with Gasteiger partial charge >= 0.3 is 0 Å². The van der Waals surface area contributed by atoms with Gasteiger partial charge in [0.25, 0.3) is 0 Å². The number of hydrogen-bond donors (Lipinski definition) is 1. The minimum atomic E-state index is -3.80. The third kappa shape index (κ3) is 5.96. The lowest BCUT2D eigenvalue weighted by Crippen LogP contribution is -2.49. The molecule has 0 saturated carbocycles. The quantitative estimate of drug-likeness (QED) is 0.563. The molecule has 2 rings (SSSR count). The van der Waals surface area contributed by atoms with Crippen molar-refractivity contribution in [3.63, 3.8) is 0 Å². The fourth-order valence-electron chi connectivity index (χ4n) is 3.25. The van der Waals surface area contributed by atoms with Crippen molar-refractivity contribution in [1.29, 1.82) is 0 Å². The van der Waals surface area contributed by atoms with E-state index < -0.39 is 28.0 Å². The number of carbonyl (C=O) groups is 1. The van der Waals surface area contributed by atoms with Crippen LogP contribution in [0.15, 0.2) is 36.4 Å². The van der Waals surface area contributed by atoms with Crippen molar-refractivity contribution in [2.24, 2.45) is 0 Å². The zero-order chi connectivity index (χ0) is 23.3. The van der Waals surface area contributed by atoms with Crippen molar-refractivity contribution in [2.75, 3.05) is 24.8 Å². The van der Waals surface area contributed by atoms with Crippen LogP contribution in [0.4, 0.5) is 5.69 Å². The number of nitrogens with zero attached hydrogens (tertiary/aromatic N) is 1. The molecule has 0 aliphatic rings. The van der Waals surface area contributed by atoms with E-state index in [1.165, 1.54) is 25.3 Å². The predicted molar refractivity (Wildman–Crippen MR) is 124 cm³/mol. The molecule has 2 atom stereocenters. The first-order valence-electron chi connectivity index (χ1n) is 9.50. The number of benzene rings is 2. The SMILES string of the molecule is CC[C@H](C(=O)N[C@H](C)c1cc(OC)ccc1OC)N(c1ccc(Cl)c(Cl)c1)S(C)(=O)=O. The molecule has 170 valence electrons. The van der Waals surface area contributed by atoms with Gasteiger partial charge in [-0.05, 0) is 49.7 Å². The summed E-state index contributed by atoms with van der Waals surface area (Å²) in [5.74, 6) is 0.722. The van der Waals surface area contributed by atoms with Crippen LogP contribution in [0.1, 0.15) is 31.9 Å². The van der Waals surface area contributed by atoms with Crippen LogP contribution < -0.4 is 19.1 Å². The molecule has 0 fully saturated rings. The topological polar surface area (TPSA) is 84.9 Å². The number of halogens is 2. The van der Waals surface area contributed by atoms with Gasteiger partial charge < -0.3 is 14.8 Å². The van der Waals surface area contributed by atoms with E-state index in [2.05, 4.69) is 5.32 Å². The van der Waals surface area contributed by atoms with Gasteiger partial charge in [0.1, 0.15) is 17.5 Å². The highest BCUT2D eigenvalue weighted by atomic mass is 35.5. The van der Waals surface area contributed by atoms with Gasteiger partial charge in [-0.1, -0.05) is 30.1 Å². The number of carbonyl (C=O) groups excluding carboxylic acids is 1. The predicted octanol–water partition coefficient (Wildman–Crippen LogP) is 4.43. The molecule has 0 heterocycles. The molecule has 1 N–H and O–H groups in total. The average Bonchev–Trinajstić information content (AvgIpc) is 2.72. The normalized spacial score (nSPS) is 13.3. The molecule has 0 aromatic heterocycles. The first-order chi connectivity index (χ1) is 14.5. The molecular weight excluding hydrogens is 463 g/mol. The maximum Gasteiger partial charge on any atom is 0.244 e. The van der Waals surface area contributed by atoms with Gasteiger partial charge in [0.15, 0.2) is 0 Å². The Kier molecular flexibility index (Phi) is 8.45. The van der Waals surface area contributed by atoms with E-state index >= 15 is 0 Å². The number of amides is 1. The van der Waals surface area contributed by atoms with Crippen molar-refractivity contribution in [3.05, 3.63) is 52.0 Å². The minimum absolute atomic E-state index is 0.192. The Morgan fingerprint density at radius 3 is 2.29 bits per heavy atom. The zero-order valence-corrected chi connectivity index (χ0v) is 20.3. The van der Waals surface area contributed by atoms with Crippen molar-refractivity contribution in [2.45, 2.75) is 32.4 Å². The van der Waals surface area contributed by atoms with E-state index in [4.69, 9.17) is 32.7 Å². The third-order valence-corrected chi connectivity index (χ3v) is 6.67. The van der Waals surface area contributed by atoms with Crippen molar-refractivity contribution in [1.82, 2.24) is 5.32 Å². The molecule has 0 aliphatic carbocycles. The molecule has 0 bridgehead atoms. The first-order valence-corrected chi connectivity index (χ1v) is 12.1. The van der Waals surface area contributed by atoms with E-state index in [1.807, 2.05) is 0 Å². The summed E-state index contributed by atoms with van der Waals surface area (Å²) in [6, 6.07) is 8.22. The Hall–Kier alpha value is -2.16. The number of ether oxygens (including phenoxy) is 2. The average molecular weight is 489 g/mol. The summed E-state index contributed by atoms with van der Waals surface area (Å²) in [5, 5.41) is 3.36. The minimum Gasteiger partial charge on any atom is -0.497 e. The van der Waals surface area contributed by atoms with Gasteiger partial charge in [0.05, 0.1) is 42.2 Å². The van der Waals surface area contributed by atoms with Crippen LogP contribution in [0, 0.1) is 0 Å². The van der Waals surface area contributed by atoms with Crippen LogP contribution in [0.25, 0.3) is 0 Å². The molecule has 0 spiro atoms. The largest absolute Gasteiger partial charge is 0.497 e. The van der Waals surface area contributed by atoms with Crippen LogP contribution >= 0.6 is 23.2 Å². The fraction of sp³-hybridized carbons (Fsp3) is 0.381. The standard InChI is InChI=1S/C21H26Cl2N2O5S/c1-6-19(25(31(5,27)28)14-7-9-17(22)18(23)11-14)21(26)24-13(2)16-12-15(29-3)8-10-20(16)30-4/h7-13,19H,6H2,1-5H3,(H,24,26)/t13-,19-/m1/s1. The van der Waals surface area contributed by atoms with E-state index in [1.54, 1.807) is 39.2 Å². The van der Waals surface area contributed by atoms with Crippen LogP contribution in [0.3, 0.4) is 0 Å². The first kappa shape index (κ1) is 25.1. The van der Waals surface area contributed by atoms with Gasteiger partial charge in [0, 0.05) is 5.56 Å². The summed E-state index contributed by atoms with van der Waals surface area (Å²) in [7, 11) is -0.725. The second-order valence-electron chi connectivity index (χ2n) is 6.92. The monoisotopic (exact) mass is 488 g/mol. The Bertz CT molecular complexity index is 1050. The number of rotatable bonds is 9. The molecule has 2 aromatic carbocycles. The number of methoxy groups -OCH3 is 2. The Morgan fingerprint density at radius 1 is 1.10 bits per heavy atom. The summed E-state index contributed by atoms with van der Waals surface area (Å²) in [5.41, 5.74) is 0.955. The van der Waals surface area contributed by atoms with E-state index in [-0.39, 0.29) is 22.2 Å². The van der Waals surface area contributed by atoms with Gasteiger partial charge in [0.2, 0.25) is 15.9 Å². The van der Waals surface area contributed by atoms with Gasteiger partial charge in [-0.25, -0.2) is 8.42 Å². The molecule has 7 nitrogen and oxygen atoms in total.